The van der Waals surface area contributed by atoms with Gasteiger partial charge < -0.3 is 20.4 Å². The molecule has 6 nitrogen and oxygen atoms in total. The van der Waals surface area contributed by atoms with Crippen molar-refractivity contribution in [2.24, 2.45) is 0 Å². The predicted molar refractivity (Wildman–Crippen MR) is 62.9 cm³/mol. The van der Waals surface area contributed by atoms with Crippen LogP contribution < -0.4 is 5.32 Å². The molecule has 2 aliphatic rings. The number of nitrogens with one attached hydrogen (secondary N) is 1. The SMILES string of the molecule is O=C(O)[C@@H]1C[C@H](O)CN1C(=O)C1CSCCN1. The normalized spacial score (nSPS) is 33.7. The molecule has 7 heteroatoms. The average molecular weight is 260 g/mol. The van der Waals surface area contributed by atoms with E-state index in [0.29, 0.717) is 5.75 Å². The van der Waals surface area contributed by atoms with Gasteiger partial charge in [0, 0.05) is 31.0 Å². The summed E-state index contributed by atoms with van der Waals surface area (Å²) in [6, 6.07) is -1.20. The maximum Gasteiger partial charge on any atom is 0.326 e. The van der Waals surface area contributed by atoms with Crippen molar-refractivity contribution < 1.29 is 19.8 Å². The highest BCUT2D eigenvalue weighted by atomic mass is 32.2. The van der Waals surface area contributed by atoms with Crippen LogP contribution in [0.15, 0.2) is 0 Å². The van der Waals surface area contributed by atoms with Gasteiger partial charge in [-0.25, -0.2) is 4.79 Å². The highest BCUT2D eigenvalue weighted by molar-refractivity contribution is 7.99. The summed E-state index contributed by atoms with van der Waals surface area (Å²) in [5.74, 6) is 0.381. The Morgan fingerprint density at radius 3 is 2.76 bits per heavy atom. The van der Waals surface area contributed by atoms with Gasteiger partial charge in [0.15, 0.2) is 0 Å². The van der Waals surface area contributed by atoms with E-state index in [1.54, 1.807) is 11.8 Å². The molecular formula is C10H16N2O4S. The summed E-state index contributed by atoms with van der Waals surface area (Å²) >= 11 is 1.68. The van der Waals surface area contributed by atoms with Gasteiger partial charge in [-0.2, -0.15) is 11.8 Å². The maximum absolute atomic E-state index is 12.1. The molecule has 2 rings (SSSR count). The maximum atomic E-state index is 12.1. The third-order valence-corrected chi connectivity index (χ3v) is 4.13. The number of carboxylic acid groups (broad SMARTS) is 1. The molecule has 1 unspecified atom stereocenters. The average Bonchev–Trinajstić information content (AvgIpc) is 2.72. The molecule has 2 fully saturated rings. The van der Waals surface area contributed by atoms with Crippen LogP contribution in [0.1, 0.15) is 6.42 Å². The van der Waals surface area contributed by atoms with Gasteiger partial charge in [0.2, 0.25) is 5.91 Å². The first-order chi connectivity index (χ1) is 8.09. The summed E-state index contributed by atoms with van der Waals surface area (Å²) < 4.78 is 0. The number of aliphatic hydroxyl groups excluding tert-OH is 1. The van der Waals surface area contributed by atoms with Crippen LogP contribution in [0.2, 0.25) is 0 Å². The van der Waals surface area contributed by atoms with Gasteiger partial charge in [-0.3, -0.25) is 4.79 Å². The summed E-state index contributed by atoms with van der Waals surface area (Å²) in [5.41, 5.74) is 0. The number of hydrogen-bond acceptors (Lipinski definition) is 5. The number of nitrogens with zero attached hydrogens (tertiary/aromatic N) is 1. The van der Waals surface area contributed by atoms with E-state index >= 15 is 0 Å². The fourth-order valence-corrected chi connectivity index (χ4v) is 3.14. The van der Waals surface area contributed by atoms with E-state index in [-0.39, 0.29) is 24.9 Å². The van der Waals surface area contributed by atoms with Gasteiger partial charge in [-0.05, 0) is 0 Å². The standard InChI is InChI=1S/C10H16N2O4S/c13-6-3-8(10(15)16)12(4-6)9(14)7-5-17-2-1-11-7/h6-8,11,13H,1-5H2,(H,15,16)/t6-,7?,8-/m0/s1. The number of aliphatic hydroxyl groups is 1. The lowest BCUT2D eigenvalue weighted by Crippen LogP contribution is -2.53. The molecule has 2 aliphatic heterocycles. The molecule has 96 valence electrons. The van der Waals surface area contributed by atoms with Crippen molar-refractivity contribution in [2.45, 2.75) is 24.6 Å². The van der Waals surface area contributed by atoms with Crippen molar-refractivity contribution >= 4 is 23.6 Å². The second-order valence-corrected chi connectivity index (χ2v) is 5.47. The van der Waals surface area contributed by atoms with E-state index in [0.717, 1.165) is 12.3 Å². The predicted octanol–water partition coefficient (Wildman–Crippen LogP) is -1.26. The Morgan fingerprint density at radius 2 is 2.18 bits per heavy atom. The molecule has 3 atom stereocenters. The molecule has 0 aromatic carbocycles. The Bertz CT molecular complexity index is 319. The van der Waals surface area contributed by atoms with Gasteiger partial charge in [0.25, 0.3) is 0 Å². The zero-order valence-corrected chi connectivity index (χ0v) is 10.2. The zero-order chi connectivity index (χ0) is 12.4. The number of amides is 1. The largest absolute Gasteiger partial charge is 0.480 e. The molecular weight excluding hydrogens is 244 g/mol. The summed E-state index contributed by atoms with van der Waals surface area (Å²) in [6.07, 6.45) is -0.600. The van der Waals surface area contributed by atoms with Crippen LogP contribution in [-0.4, -0.2) is 69.8 Å². The second kappa shape index (κ2) is 5.24. The Kier molecular flexibility index (Phi) is 3.90. The summed E-state index contributed by atoms with van der Waals surface area (Å²) in [5, 5.41) is 21.6. The number of thioether (sulfide) groups is 1. The van der Waals surface area contributed by atoms with Crippen molar-refractivity contribution in [3.63, 3.8) is 0 Å². The molecule has 0 radical (unpaired) electrons. The molecule has 0 aliphatic carbocycles. The number of carboxylic acids is 1. The van der Waals surface area contributed by atoms with E-state index in [2.05, 4.69) is 5.32 Å². The van der Waals surface area contributed by atoms with Crippen molar-refractivity contribution in [3.8, 4) is 0 Å². The van der Waals surface area contributed by atoms with Gasteiger partial charge in [-0.1, -0.05) is 0 Å². The molecule has 2 saturated heterocycles. The van der Waals surface area contributed by atoms with Crippen LogP contribution in [0.25, 0.3) is 0 Å². The minimum Gasteiger partial charge on any atom is -0.480 e. The summed E-state index contributed by atoms with van der Waals surface area (Å²) in [4.78, 5) is 24.4. The zero-order valence-electron chi connectivity index (χ0n) is 9.33. The highest BCUT2D eigenvalue weighted by Crippen LogP contribution is 2.20. The Labute approximate surface area is 103 Å². The fourth-order valence-electron chi connectivity index (χ4n) is 2.22. The van der Waals surface area contributed by atoms with Crippen LogP contribution in [0.4, 0.5) is 0 Å². The Balaban J connectivity index is 2.04. The molecule has 0 spiro atoms. The molecule has 0 saturated carbocycles. The Hall–Kier alpha value is -0.790. The summed E-state index contributed by atoms with van der Waals surface area (Å²) in [7, 11) is 0. The molecule has 1 amide bonds. The Morgan fingerprint density at radius 1 is 1.41 bits per heavy atom. The second-order valence-electron chi connectivity index (χ2n) is 4.32. The lowest BCUT2D eigenvalue weighted by molar-refractivity contribution is -0.148. The monoisotopic (exact) mass is 260 g/mol. The van der Waals surface area contributed by atoms with Crippen LogP contribution in [0.5, 0.6) is 0 Å². The number of likely N-dealkylation sites (tertiary alicyclic amines) is 1. The number of hydrogen-bond donors (Lipinski definition) is 3. The smallest absolute Gasteiger partial charge is 0.326 e. The van der Waals surface area contributed by atoms with Crippen molar-refractivity contribution in [2.75, 3.05) is 24.6 Å². The highest BCUT2D eigenvalue weighted by Gasteiger charge is 2.41. The van der Waals surface area contributed by atoms with E-state index < -0.39 is 18.1 Å². The minimum atomic E-state index is -1.04. The number of rotatable bonds is 2. The quantitative estimate of drug-likeness (QED) is 0.574. The molecule has 0 aromatic heterocycles. The van der Waals surface area contributed by atoms with Crippen LogP contribution >= 0.6 is 11.8 Å². The van der Waals surface area contributed by atoms with E-state index in [1.165, 1.54) is 4.90 Å². The van der Waals surface area contributed by atoms with Crippen molar-refractivity contribution in [3.05, 3.63) is 0 Å². The molecule has 0 bridgehead atoms. The molecule has 17 heavy (non-hydrogen) atoms. The lowest BCUT2D eigenvalue weighted by Gasteiger charge is -2.29. The van der Waals surface area contributed by atoms with Gasteiger partial charge in [-0.15, -0.1) is 0 Å². The number of β-amino-alcohol motifs (C(OH)–C–C–N with tert-alkyl or cyclic N) is 1. The van der Waals surface area contributed by atoms with Crippen molar-refractivity contribution in [1.29, 1.82) is 0 Å². The number of carbonyl (C=O) groups excluding carboxylic acids is 1. The van der Waals surface area contributed by atoms with E-state index in [1.807, 2.05) is 0 Å². The van der Waals surface area contributed by atoms with Crippen LogP contribution in [-0.2, 0) is 9.59 Å². The number of carbonyl (C=O) groups is 2. The van der Waals surface area contributed by atoms with E-state index in [9.17, 15) is 14.7 Å². The first-order valence-electron chi connectivity index (χ1n) is 5.62. The topological polar surface area (TPSA) is 89.9 Å². The van der Waals surface area contributed by atoms with Gasteiger partial charge in [0.05, 0.1) is 12.1 Å². The van der Waals surface area contributed by atoms with Gasteiger partial charge >= 0.3 is 5.97 Å². The summed E-state index contributed by atoms with van der Waals surface area (Å²) in [6.45, 7) is 0.883. The molecule has 2 heterocycles. The first-order valence-corrected chi connectivity index (χ1v) is 6.77. The molecule has 0 aromatic rings. The third-order valence-electron chi connectivity index (χ3n) is 3.07. The first kappa shape index (κ1) is 12.7. The van der Waals surface area contributed by atoms with Crippen LogP contribution in [0, 0.1) is 0 Å². The third kappa shape index (κ3) is 2.72. The molecule has 3 N–H and O–H groups in total. The van der Waals surface area contributed by atoms with Crippen molar-refractivity contribution in [1.82, 2.24) is 10.2 Å². The lowest BCUT2D eigenvalue weighted by atomic mass is 10.2. The van der Waals surface area contributed by atoms with Crippen LogP contribution in [0.3, 0.4) is 0 Å². The van der Waals surface area contributed by atoms with E-state index in [4.69, 9.17) is 5.11 Å². The number of aliphatic carboxylic acids is 1. The fraction of sp³-hybridized carbons (Fsp3) is 0.800. The van der Waals surface area contributed by atoms with Gasteiger partial charge in [0.1, 0.15) is 6.04 Å². The minimum absolute atomic E-state index is 0.124.